The van der Waals surface area contributed by atoms with Crippen LogP contribution in [0.3, 0.4) is 0 Å². The molecule has 0 bridgehead atoms. The van der Waals surface area contributed by atoms with E-state index in [9.17, 15) is 4.79 Å². The predicted molar refractivity (Wildman–Crippen MR) is 98.7 cm³/mol. The topological polar surface area (TPSA) is 53.9 Å². The lowest BCUT2D eigenvalue weighted by Crippen LogP contribution is -2.31. The Morgan fingerprint density at radius 1 is 1.24 bits per heavy atom. The average Bonchev–Trinajstić information content (AvgIpc) is 3.24. The molecule has 1 atom stereocenters. The van der Waals surface area contributed by atoms with Crippen molar-refractivity contribution >= 4 is 16.8 Å². The fraction of sp³-hybridized carbons (Fsp3) is 0.400. The Morgan fingerprint density at radius 2 is 2.04 bits per heavy atom. The van der Waals surface area contributed by atoms with E-state index in [0.29, 0.717) is 5.69 Å². The van der Waals surface area contributed by atoms with Crippen LogP contribution in [0.25, 0.3) is 10.9 Å². The van der Waals surface area contributed by atoms with E-state index in [-0.39, 0.29) is 11.9 Å². The minimum atomic E-state index is 0.0824. The van der Waals surface area contributed by atoms with E-state index in [1.54, 1.807) is 0 Å². The van der Waals surface area contributed by atoms with E-state index in [1.807, 2.05) is 35.8 Å². The first-order valence-corrected chi connectivity index (χ1v) is 8.85. The molecule has 1 N–H and O–H groups in total. The molecule has 1 saturated heterocycles. The molecule has 1 unspecified atom stereocenters. The molecule has 1 aliphatic heterocycles. The number of hydrogen-bond donors (Lipinski definition) is 1. The number of likely N-dealkylation sites (tertiary alicyclic amines) is 1. The molecule has 1 amide bonds. The van der Waals surface area contributed by atoms with Crippen LogP contribution in [0.1, 0.15) is 51.8 Å². The van der Waals surface area contributed by atoms with Crippen LogP contribution in [0, 0.1) is 20.8 Å². The number of fused-ring (bicyclic) bond motifs is 1. The highest BCUT2D eigenvalue weighted by atomic mass is 16.2. The maximum atomic E-state index is 13.2. The molecule has 5 heteroatoms. The molecular weight excluding hydrogens is 312 g/mol. The first-order chi connectivity index (χ1) is 11.9. The molecule has 130 valence electrons. The highest BCUT2D eigenvalue weighted by molar-refractivity contribution is 5.99. The molecule has 0 aliphatic carbocycles. The molecule has 0 spiro atoms. The van der Waals surface area contributed by atoms with Crippen molar-refractivity contribution in [1.29, 1.82) is 0 Å². The maximum absolute atomic E-state index is 13.2. The number of aryl methyl sites for hydroxylation is 4. The summed E-state index contributed by atoms with van der Waals surface area (Å²) in [7, 11) is 1.93. The minimum absolute atomic E-state index is 0.0824. The summed E-state index contributed by atoms with van der Waals surface area (Å²) in [5, 5.41) is 5.58. The van der Waals surface area contributed by atoms with E-state index in [1.165, 1.54) is 11.1 Å². The van der Waals surface area contributed by atoms with Crippen LogP contribution in [0.4, 0.5) is 0 Å². The zero-order valence-corrected chi connectivity index (χ0v) is 15.3. The number of aromatic amines is 1. The predicted octanol–water partition coefficient (Wildman–Crippen LogP) is 3.80. The molecule has 3 aromatic rings. The highest BCUT2D eigenvalue weighted by Gasteiger charge is 2.33. The maximum Gasteiger partial charge on any atom is 0.270 e. The summed E-state index contributed by atoms with van der Waals surface area (Å²) in [5.74, 6) is 0.0824. The van der Waals surface area contributed by atoms with E-state index in [4.69, 9.17) is 0 Å². The van der Waals surface area contributed by atoms with Gasteiger partial charge >= 0.3 is 0 Å². The molecule has 1 aliphatic rings. The summed E-state index contributed by atoms with van der Waals surface area (Å²) in [6, 6.07) is 6.38. The third kappa shape index (κ3) is 2.64. The Labute approximate surface area is 147 Å². The van der Waals surface area contributed by atoms with Gasteiger partial charge in [-0.05, 0) is 56.9 Å². The Kier molecular flexibility index (Phi) is 3.67. The van der Waals surface area contributed by atoms with Gasteiger partial charge in [-0.2, -0.15) is 5.10 Å². The number of amides is 1. The Bertz CT molecular complexity index is 966. The van der Waals surface area contributed by atoms with Gasteiger partial charge in [-0.3, -0.25) is 9.48 Å². The smallest absolute Gasteiger partial charge is 0.270 e. The fourth-order valence-corrected chi connectivity index (χ4v) is 4.15. The van der Waals surface area contributed by atoms with Crippen molar-refractivity contribution < 1.29 is 4.79 Å². The van der Waals surface area contributed by atoms with Crippen LogP contribution in [-0.2, 0) is 7.05 Å². The molecule has 1 aromatic carbocycles. The molecule has 0 saturated carbocycles. The number of carbonyl (C=O) groups is 1. The van der Waals surface area contributed by atoms with E-state index in [2.05, 4.69) is 36.1 Å². The lowest BCUT2D eigenvalue weighted by molar-refractivity contribution is 0.0730. The normalized spacial score (nSPS) is 17.6. The first kappa shape index (κ1) is 15.9. The molecule has 1 fully saturated rings. The van der Waals surface area contributed by atoms with Gasteiger partial charge in [0.25, 0.3) is 5.91 Å². The zero-order valence-electron chi connectivity index (χ0n) is 15.3. The second-order valence-corrected chi connectivity index (χ2v) is 7.23. The van der Waals surface area contributed by atoms with Gasteiger partial charge in [-0.25, -0.2) is 0 Å². The van der Waals surface area contributed by atoms with E-state index >= 15 is 0 Å². The minimum Gasteiger partial charge on any atom is -0.351 e. The van der Waals surface area contributed by atoms with Crippen molar-refractivity contribution in [3.8, 4) is 0 Å². The number of aromatic nitrogens is 3. The van der Waals surface area contributed by atoms with Gasteiger partial charge in [-0.15, -0.1) is 0 Å². The molecule has 5 nitrogen and oxygen atoms in total. The van der Waals surface area contributed by atoms with Crippen LogP contribution in [-0.4, -0.2) is 32.1 Å². The summed E-state index contributed by atoms with van der Waals surface area (Å²) < 4.78 is 1.83. The molecule has 4 rings (SSSR count). The second kappa shape index (κ2) is 5.76. The van der Waals surface area contributed by atoms with Crippen molar-refractivity contribution in [1.82, 2.24) is 19.7 Å². The van der Waals surface area contributed by atoms with Gasteiger partial charge < -0.3 is 9.88 Å². The van der Waals surface area contributed by atoms with Gasteiger partial charge in [0.05, 0.1) is 11.7 Å². The number of carbonyl (C=O) groups excluding carboxylic acids is 1. The lowest BCUT2D eigenvalue weighted by Gasteiger charge is -2.24. The lowest BCUT2D eigenvalue weighted by atomic mass is 10.1. The zero-order chi connectivity index (χ0) is 17.7. The summed E-state index contributed by atoms with van der Waals surface area (Å²) in [6.07, 6.45) is 4.07. The Hall–Kier alpha value is -2.56. The summed E-state index contributed by atoms with van der Waals surface area (Å²) >= 11 is 0. The third-order valence-electron chi connectivity index (χ3n) is 5.24. The van der Waals surface area contributed by atoms with Gasteiger partial charge in [0, 0.05) is 36.3 Å². The van der Waals surface area contributed by atoms with Crippen molar-refractivity contribution in [2.45, 2.75) is 39.7 Å². The fourth-order valence-electron chi connectivity index (χ4n) is 4.15. The van der Waals surface area contributed by atoms with Gasteiger partial charge in [0.15, 0.2) is 0 Å². The summed E-state index contributed by atoms with van der Waals surface area (Å²) in [5.41, 5.74) is 6.29. The van der Waals surface area contributed by atoms with Crippen LogP contribution in [0.15, 0.2) is 24.4 Å². The Morgan fingerprint density at radius 3 is 2.76 bits per heavy atom. The van der Waals surface area contributed by atoms with Crippen molar-refractivity contribution in [3.63, 3.8) is 0 Å². The molecular formula is C20H24N4O. The third-order valence-corrected chi connectivity index (χ3v) is 5.24. The highest BCUT2D eigenvalue weighted by Crippen LogP contribution is 2.35. The van der Waals surface area contributed by atoms with Crippen LogP contribution >= 0.6 is 0 Å². The van der Waals surface area contributed by atoms with E-state index < -0.39 is 0 Å². The summed E-state index contributed by atoms with van der Waals surface area (Å²) in [6.45, 7) is 6.99. The van der Waals surface area contributed by atoms with Crippen LogP contribution in [0.2, 0.25) is 0 Å². The second-order valence-electron chi connectivity index (χ2n) is 7.23. The van der Waals surface area contributed by atoms with Crippen molar-refractivity contribution in [2.75, 3.05) is 6.54 Å². The van der Waals surface area contributed by atoms with Gasteiger partial charge in [0.1, 0.15) is 5.69 Å². The largest absolute Gasteiger partial charge is 0.351 e. The Balaban J connectivity index is 1.70. The number of benzene rings is 1. The first-order valence-electron chi connectivity index (χ1n) is 8.85. The molecule has 2 aromatic heterocycles. The monoisotopic (exact) mass is 336 g/mol. The number of H-pyrrole nitrogens is 1. The molecule has 0 radical (unpaired) electrons. The van der Waals surface area contributed by atoms with Gasteiger partial charge in [0.2, 0.25) is 0 Å². The quantitative estimate of drug-likeness (QED) is 0.774. The SMILES string of the molecule is Cc1cc(C)c2cc(C(=O)N3CCCC3c3cn(C)nc3C)[nH]c2c1. The number of rotatable bonds is 2. The number of hydrogen-bond acceptors (Lipinski definition) is 2. The molecule has 25 heavy (non-hydrogen) atoms. The van der Waals surface area contributed by atoms with Crippen molar-refractivity contribution in [3.05, 3.63) is 52.5 Å². The van der Waals surface area contributed by atoms with Crippen LogP contribution in [0.5, 0.6) is 0 Å². The van der Waals surface area contributed by atoms with Crippen LogP contribution < -0.4 is 0 Å². The average molecular weight is 336 g/mol. The number of nitrogens with zero attached hydrogens (tertiary/aromatic N) is 3. The van der Waals surface area contributed by atoms with Gasteiger partial charge in [-0.1, -0.05) is 6.07 Å². The molecule has 3 heterocycles. The summed E-state index contributed by atoms with van der Waals surface area (Å²) in [4.78, 5) is 18.5. The van der Waals surface area contributed by atoms with Crippen molar-refractivity contribution in [2.24, 2.45) is 7.05 Å². The standard InChI is InChI=1S/C20H24N4O/c1-12-8-13(2)15-10-18(21-17(15)9-12)20(25)24-7-5-6-19(24)16-11-23(4)22-14(16)3/h8-11,19,21H,5-7H2,1-4H3. The van der Waals surface area contributed by atoms with E-state index in [0.717, 1.165) is 41.5 Å². The number of nitrogens with one attached hydrogen (secondary N) is 1.